The Kier molecular flexibility index (Phi) is 19.3. The highest BCUT2D eigenvalue weighted by Gasteiger charge is 2.50. The SMILES string of the molecule is CCCCOC1(c2ccccc2)CN(C(=O)C(Cc2ccc(OC)cc2)NC(=O)CCc2c[nH]cn2)C1.CCCCOC1(c2ccccc2)CN(C(=O)C(Cc2ccccc2)NC(=O)CCc2c[nH]cn2)C1. The van der Waals surface area contributed by atoms with Gasteiger partial charge < -0.3 is 44.6 Å². The van der Waals surface area contributed by atoms with E-state index in [4.69, 9.17) is 14.2 Å². The third-order valence-electron chi connectivity index (χ3n) is 13.2. The number of nitrogens with zero attached hydrogens (tertiary/aromatic N) is 4. The Bertz CT molecular complexity index is 2550. The molecule has 2 unspecified atom stereocenters. The second kappa shape index (κ2) is 26.4. The number of carbonyl (C=O) groups excluding carboxylic acids is 4. The molecule has 2 aliphatic rings. The van der Waals surface area contributed by atoms with Crippen molar-refractivity contribution in [1.29, 1.82) is 0 Å². The second-order valence-electron chi connectivity index (χ2n) is 18.6. The van der Waals surface area contributed by atoms with Gasteiger partial charge in [0.15, 0.2) is 0 Å². The maximum atomic E-state index is 13.7. The van der Waals surface area contributed by atoms with Crippen molar-refractivity contribution >= 4 is 23.6 Å². The first-order chi connectivity index (χ1) is 35.1. The zero-order valence-corrected chi connectivity index (χ0v) is 41.9. The number of hydrogen-bond donors (Lipinski definition) is 4. The number of amides is 4. The molecule has 6 aromatic rings. The quantitative estimate of drug-likeness (QED) is 0.0429. The van der Waals surface area contributed by atoms with Crippen molar-refractivity contribution in [2.75, 3.05) is 46.5 Å². The van der Waals surface area contributed by atoms with Gasteiger partial charge in [0.2, 0.25) is 23.6 Å². The van der Waals surface area contributed by atoms with Gasteiger partial charge in [-0.3, -0.25) is 19.2 Å². The number of aryl methyl sites for hydroxylation is 2. The van der Waals surface area contributed by atoms with E-state index in [1.807, 2.05) is 91.0 Å². The van der Waals surface area contributed by atoms with Gasteiger partial charge >= 0.3 is 0 Å². The number of rotatable bonds is 25. The third-order valence-corrected chi connectivity index (χ3v) is 13.2. The predicted molar refractivity (Wildman–Crippen MR) is 276 cm³/mol. The molecule has 4 N–H and O–H groups in total. The molecule has 2 fully saturated rings. The largest absolute Gasteiger partial charge is 0.497 e. The van der Waals surface area contributed by atoms with Crippen LogP contribution in [-0.2, 0) is 65.5 Å². The number of likely N-dealkylation sites (tertiary alicyclic amines) is 2. The second-order valence-corrected chi connectivity index (χ2v) is 18.6. The van der Waals surface area contributed by atoms with E-state index < -0.39 is 23.3 Å². The van der Waals surface area contributed by atoms with Gasteiger partial charge in [-0.15, -0.1) is 0 Å². The van der Waals surface area contributed by atoms with Gasteiger partial charge in [0.05, 0.1) is 57.3 Å². The van der Waals surface area contributed by atoms with Crippen LogP contribution in [0.3, 0.4) is 0 Å². The van der Waals surface area contributed by atoms with Crippen LogP contribution in [0, 0.1) is 0 Å². The highest BCUT2D eigenvalue weighted by Crippen LogP contribution is 2.38. The predicted octanol–water partition coefficient (Wildman–Crippen LogP) is 7.26. The normalized spacial score (nSPS) is 15.2. The zero-order chi connectivity index (χ0) is 50.6. The van der Waals surface area contributed by atoms with E-state index in [1.165, 1.54) is 0 Å². The number of aromatic amines is 2. The Morgan fingerprint density at radius 1 is 0.583 bits per heavy atom. The lowest BCUT2D eigenvalue weighted by molar-refractivity contribution is -0.175. The molecule has 8 rings (SSSR count). The van der Waals surface area contributed by atoms with Crippen LogP contribution in [0.5, 0.6) is 5.75 Å². The summed E-state index contributed by atoms with van der Waals surface area (Å²) < 4.78 is 17.9. The minimum atomic E-state index is -0.676. The molecular weight excluding hydrogens is 909 g/mol. The van der Waals surface area contributed by atoms with Crippen LogP contribution in [-0.4, -0.2) is 112 Å². The maximum absolute atomic E-state index is 13.7. The summed E-state index contributed by atoms with van der Waals surface area (Å²) in [6, 6.07) is 36.3. The number of ether oxygens (including phenoxy) is 3. The lowest BCUT2D eigenvalue weighted by Gasteiger charge is -2.51. The molecule has 0 saturated carbocycles. The first kappa shape index (κ1) is 52.7. The first-order valence-corrected chi connectivity index (χ1v) is 25.3. The van der Waals surface area contributed by atoms with Crippen LogP contribution in [0.15, 0.2) is 140 Å². The van der Waals surface area contributed by atoms with Crippen molar-refractivity contribution in [3.05, 3.63) is 174 Å². The molecule has 2 saturated heterocycles. The van der Waals surface area contributed by atoms with Crippen LogP contribution in [0.25, 0.3) is 0 Å². The van der Waals surface area contributed by atoms with Crippen LogP contribution in [0.1, 0.15) is 86.0 Å². The number of methoxy groups -OCH3 is 1. The van der Waals surface area contributed by atoms with Gasteiger partial charge in [-0.05, 0) is 60.1 Å². The molecule has 4 heterocycles. The number of hydrogen-bond acceptors (Lipinski definition) is 9. The standard InChI is InChI=1S/C29H36N4O4.C28H34N4O3/c1-3-4-16-37-29(23-8-6-5-7-9-23)19-33(20-29)28(35)26(17-22-10-13-25(36-2)14-11-22)32-27(34)15-12-24-18-30-21-31-24;1-2-3-16-35-28(23-12-8-5-9-13-23)19-32(20-28)27(34)25(17-22-10-6-4-7-11-22)31-26(33)15-14-24-18-29-21-30-24/h5-11,13-14,18,21,26H,3-4,12,15-17,19-20H2,1-2H3,(H,30,31)(H,32,34);4-13,18,21,25H,2-3,14-17,19-20H2,1H3,(H,29,30)(H,31,33). The van der Waals surface area contributed by atoms with E-state index in [9.17, 15) is 19.2 Å². The van der Waals surface area contributed by atoms with Crippen LogP contribution in [0.4, 0.5) is 0 Å². The summed E-state index contributed by atoms with van der Waals surface area (Å²) >= 11 is 0. The molecule has 4 aromatic carbocycles. The van der Waals surface area contributed by atoms with E-state index in [0.29, 0.717) is 65.1 Å². The molecule has 0 spiro atoms. The van der Waals surface area contributed by atoms with Gasteiger partial charge in [0.1, 0.15) is 29.0 Å². The summed E-state index contributed by atoms with van der Waals surface area (Å²) in [6.45, 7) is 7.45. The Balaban J connectivity index is 0.000000212. The van der Waals surface area contributed by atoms with Crippen LogP contribution >= 0.6 is 0 Å². The summed E-state index contributed by atoms with van der Waals surface area (Å²) in [5.41, 5.74) is 4.74. The van der Waals surface area contributed by atoms with Crippen LogP contribution in [0.2, 0.25) is 0 Å². The third kappa shape index (κ3) is 14.5. The summed E-state index contributed by atoms with van der Waals surface area (Å²) in [6.07, 6.45) is 13.2. The monoisotopic (exact) mass is 979 g/mol. The molecule has 15 nitrogen and oxygen atoms in total. The lowest BCUT2D eigenvalue weighted by atomic mass is 9.84. The molecule has 2 aliphatic heterocycles. The van der Waals surface area contributed by atoms with E-state index in [-0.39, 0.29) is 36.5 Å². The smallest absolute Gasteiger partial charge is 0.245 e. The molecular formula is C57H70N8O7. The van der Waals surface area contributed by atoms with Crippen molar-refractivity contribution in [3.8, 4) is 5.75 Å². The summed E-state index contributed by atoms with van der Waals surface area (Å²) in [4.78, 5) is 70.6. The number of unbranched alkanes of at least 4 members (excludes halogenated alkanes) is 2. The van der Waals surface area contributed by atoms with E-state index in [0.717, 1.165) is 65.1 Å². The highest BCUT2D eigenvalue weighted by molar-refractivity contribution is 5.89. The van der Waals surface area contributed by atoms with Crippen LogP contribution < -0.4 is 15.4 Å². The van der Waals surface area contributed by atoms with Crippen molar-refractivity contribution in [2.45, 2.75) is 101 Å². The number of imidazole rings is 2. The fourth-order valence-electron chi connectivity index (χ4n) is 9.03. The molecule has 4 amide bonds. The van der Waals surface area contributed by atoms with Gasteiger partial charge in [0, 0.05) is 51.3 Å². The zero-order valence-electron chi connectivity index (χ0n) is 41.9. The average Bonchev–Trinajstić information content (AvgIpc) is 4.13. The molecule has 0 bridgehead atoms. The van der Waals surface area contributed by atoms with Gasteiger partial charge in [-0.2, -0.15) is 0 Å². The molecule has 380 valence electrons. The van der Waals surface area contributed by atoms with Gasteiger partial charge in [0.25, 0.3) is 0 Å². The summed E-state index contributed by atoms with van der Waals surface area (Å²) in [5.74, 6) is 0.233. The minimum Gasteiger partial charge on any atom is -0.497 e. The number of carbonyl (C=O) groups is 4. The number of H-pyrrole nitrogens is 2. The Morgan fingerprint density at radius 2 is 0.986 bits per heavy atom. The van der Waals surface area contributed by atoms with Gasteiger partial charge in [-0.1, -0.05) is 130 Å². The lowest BCUT2D eigenvalue weighted by Crippen LogP contribution is -2.66. The molecule has 0 aliphatic carbocycles. The van der Waals surface area contributed by atoms with Crippen molar-refractivity contribution in [3.63, 3.8) is 0 Å². The maximum Gasteiger partial charge on any atom is 0.245 e. The first-order valence-electron chi connectivity index (χ1n) is 25.3. The van der Waals surface area contributed by atoms with Crippen molar-refractivity contribution in [1.82, 2.24) is 40.4 Å². The molecule has 2 atom stereocenters. The number of aromatic nitrogens is 4. The van der Waals surface area contributed by atoms with E-state index in [1.54, 1.807) is 42.0 Å². The number of nitrogens with one attached hydrogen (secondary N) is 4. The topological polar surface area (TPSA) is 184 Å². The fraction of sp³-hybridized carbons (Fsp3) is 0.404. The Labute approximate surface area is 423 Å². The molecule has 0 radical (unpaired) electrons. The average molecular weight is 979 g/mol. The number of benzene rings is 4. The van der Waals surface area contributed by atoms with Gasteiger partial charge in [-0.25, -0.2) is 9.97 Å². The Morgan fingerprint density at radius 3 is 1.36 bits per heavy atom. The molecule has 2 aromatic heterocycles. The van der Waals surface area contributed by atoms with E-state index in [2.05, 4.69) is 68.7 Å². The highest BCUT2D eigenvalue weighted by atomic mass is 16.5. The summed E-state index contributed by atoms with van der Waals surface area (Å²) in [7, 11) is 1.62. The molecule has 72 heavy (non-hydrogen) atoms. The van der Waals surface area contributed by atoms with E-state index >= 15 is 0 Å². The van der Waals surface area contributed by atoms with Crippen molar-refractivity contribution in [2.24, 2.45) is 0 Å². The molecule has 15 heteroatoms. The fourth-order valence-corrected chi connectivity index (χ4v) is 9.03. The Hall–Kier alpha value is -7.10. The minimum absolute atomic E-state index is 0.0763. The summed E-state index contributed by atoms with van der Waals surface area (Å²) in [5, 5.41) is 5.97. The van der Waals surface area contributed by atoms with Crippen molar-refractivity contribution < 1.29 is 33.4 Å².